The molecule has 1 aromatic carbocycles. The van der Waals surface area contributed by atoms with Crippen molar-refractivity contribution in [1.82, 2.24) is 0 Å². The van der Waals surface area contributed by atoms with Gasteiger partial charge in [0.1, 0.15) is 5.84 Å². The van der Waals surface area contributed by atoms with Crippen molar-refractivity contribution in [2.45, 2.75) is 13.3 Å². The number of hydrogen-bond acceptors (Lipinski definition) is 1. The van der Waals surface area contributed by atoms with Crippen LogP contribution in [0.15, 0.2) is 23.2 Å². The molecular formula is C10H12F2N2. The van der Waals surface area contributed by atoms with Crippen LogP contribution in [0.2, 0.25) is 0 Å². The van der Waals surface area contributed by atoms with E-state index in [9.17, 15) is 8.78 Å². The van der Waals surface area contributed by atoms with Crippen molar-refractivity contribution in [2.24, 2.45) is 10.7 Å². The standard InChI is InChI=1S/C10H12F2N2/c1-2-5-14-10(13)7-3-4-8(11)9(12)6-7/h3-4,6H,2,5H2,1H3,(H2,13,14). The number of amidine groups is 1. The van der Waals surface area contributed by atoms with Gasteiger partial charge in [0.05, 0.1) is 0 Å². The molecule has 1 aromatic rings. The Morgan fingerprint density at radius 3 is 2.64 bits per heavy atom. The van der Waals surface area contributed by atoms with E-state index in [0.29, 0.717) is 12.1 Å². The maximum Gasteiger partial charge on any atom is 0.159 e. The Morgan fingerprint density at radius 2 is 2.07 bits per heavy atom. The topological polar surface area (TPSA) is 38.4 Å². The Bertz CT molecular complexity index is 348. The van der Waals surface area contributed by atoms with Gasteiger partial charge in [-0.05, 0) is 24.6 Å². The molecule has 2 nitrogen and oxygen atoms in total. The van der Waals surface area contributed by atoms with Gasteiger partial charge in [-0.2, -0.15) is 0 Å². The van der Waals surface area contributed by atoms with E-state index in [1.165, 1.54) is 6.07 Å². The Labute approximate surface area is 81.5 Å². The number of nitrogens with zero attached hydrogens (tertiary/aromatic N) is 1. The fourth-order valence-electron chi connectivity index (χ4n) is 0.979. The van der Waals surface area contributed by atoms with Gasteiger partial charge in [-0.25, -0.2) is 8.78 Å². The van der Waals surface area contributed by atoms with Gasteiger partial charge in [0.15, 0.2) is 11.6 Å². The summed E-state index contributed by atoms with van der Waals surface area (Å²) in [5.41, 5.74) is 5.98. The van der Waals surface area contributed by atoms with Gasteiger partial charge in [0.2, 0.25) is 0 Å². The van der Waals surface area contributed by atoms with Crippen molar-refractivity contribution in [3.05, 3.63) is 35.4 Å². The highest BCUT2D eigenvalue weighted by Gasteiger charge is 2.04. The Kier molecular flexibility index (Phi) is 3.56. The highest BCUT2D eigenvalue weighted by molar-refractivity contribution is 5.97. The highest BCUT2D eigenvalue weighted by Crippen LogP contribution is 2.08. The molecule has 1 rings (SSSR count). The van der Waals surface area contributed by atoms with E-state index in [4.69, 9.17) is 5.73 Å². The molecule has 4 heteroatoms. The highest BCUT2D eigenvalue weighted by atomic mass is 19.2. The molecule has 0 aliphatic carbocycles. The van der Waals surface area contributed by atoms with E-state index < -0.39 is 11.6 Å². The fourth-order valence-corrected chi connectivity index (χ4v) is 0.979. The minimum absolute atomic E-state index is 0.241. The maximum absolute atomic E-state index is 12.8. The summed E-state index contributed by atoms with van der Waals surface area (Å²) in [5, 5.41) is 0. The van der Waals surface area contributed by atoms with E-state index in [1.807, 2.05) is 6.92 Å². The average Bonchev–Trinajstić information content (AvgIpc) is 2.18. The van der Waals surface area contributed by atoms with Crippen LogP contribution in [0.4, 0.5) is 8.78 Å². The molecule has 0 radical (unpaired) electrons. The van der Waals surface area contributed by atoms with Crippen LogP contribution in [0, 0.1) is 11.6 Å². The van der Waals surface area contributed by atoms with E-state index in [-0.39, 0.29) is 5.84 Å². The molecule has 0 fully saturated rings. The Morgan fingerprint density at radius 1 is 1.36 bits per heavy atom. The molecule has 0 unspecified atom stereocenters. The van der Waals surface area contributed by atoms with E-state index in [2.05, 4.69) is 4.99 Å². The Hall–Kier alpha value is -1.45. The van der Waals surface area contributed by atoms with Gasteiger partial charge in [-0.1, -0.05) is 6.92 Å². The lowest BCUT2D eigenvalue weighted by atomic mass is 10.2. The summed E-state index contributed by atoms with van der Waals surface area (Å²) in [4.78, 5) is 3.99. The van der Waals surface area contributed by atoms with Crippen molar-refractivity contribution in [2.75, 3.05) is 6.54 Å². The SMILES string of the molecule is CCCN=C(N)c1ccc(F)c(F)c1. The number of hydrogen-bond donors (Lipinski definition) is 1. The largest absolute Gasteiger partial charge is 0.384 e. The number of aliphatic imine (C=N–C) groups is 1. The Balaban J connectivity index is 2.91. The molecule has 0 bridgehead atoms. The van der Waals surface area contributed by atoms with Crippen molar-refractivity contribution in [3.63, 3.8) is 0 Å². The van der Waals surface area contributed by atoms with Crippen LogP contribution in [0.5, 0.6) is 0 Å². The third kappa shape index (κ3) is 2.52. The minimum atomic E-state index is -0.905. The van der Waals surface area contributed by atoms with Crippen LogP contribution >= 0.6 is 0 Å². The summed E-state index contributed by atoms with van der Waals surface area (Å²) in [6.07, 6.45) is 0.865. The summed E-state index contributed by atoms with van der Waals surface area (Å²) in [6, 6.07) is 3.50. The summed E-state index contributed by atoms with van der Waals surface area (Å²) in [5.74, 6) is -1.54. The van der Waals surface area contributed by atoms with Crippen LogP contribution in [0.3, 0.4) is 0 Å². The third-order valence-electron chi connectivity index (χ3n) is 1.72. The first-order chi connectivity index (χ1) is 6.65. The number of rotatable bonds is 3. The fraction of sp³-hybridized carbons (Fsp3) is 0.300. The number of nitrogens with two attached hydrogens (primary N) is 1. The van der Waals surface area contributed by atoms with E-state index in [1.54, 1.807) is 0 Å². The summed E-state index contributed by atoms with van der Waals surface area (Å²) >= 11 is 0. The monoisotopic (exact) mass is 198 g/mol. The lowest BCUT2D eigenvalue weighted by molar-refractivity contribution is 0.508. The van der Waals surface area contributed by atoms with Crippen LogP contribution in [0.25, 0.3) is 0 Å². The molecule has 0 aliphatic rings. The lowest BCUT2D eigenvalue weighted by Gasteiger charge is -2.01. The molecule has 0 saturated carbocycles. The smallest absolute Gasteiger partial charge is 0.159 e. The van der Waals surface area contributed by atoms with Crippen molar-refractivity contribution < 1.29 is 8.78 Å². The summed E-state index contributed by atoms with van der Waals surface area (Å²) in [7, 11) is 0. The van der Waals surface area contributed by atoms with Gasteiger partial charge in [0, 0.05) is 12.1 Å². The first-order valence-electron chi connectivity index (χ1n) is 4.40. The van der Waals surface area contributed by atoms with Gasteiger partial charge in [-0.15, -0.1) is 0 Å². The molecule has 0 aliphatic heterocycles. The van der Waals surface area contributed by atoms with Crippen molar-refractivity contribution >= 4 is 5.84 Å². The van der Waals surface area contributed by atoms with Gasteiger partial charge in [-0.3, -0.25) is 4.99 Å². The lowest BCUT2D eigenvalue weighted by Crippen LogP contribution is -2.14. The molecule has 2 N–H and O–H groups in total. The van der Waals surface area contributed by atoms with E-state index >= 15 is 0 Å². The second-order valence-electron chi connectivity index (χ2n) is 2.90. The zero-order valence-electron chi connectivity index (χ0n) is 7.93. The number of benzene rings is 1. The van der Waals surface area contributed by atoms with Crippen LogP contribution in [0.1, 0.15) is 18.9 Å². The number of halogens is 2. The summed E-state index contributed by atoms with van der Waals surface area (Å²) in [6.45, 7) is 2.55. The van der Waals surface area contributed by atoms with Crippen LogP contribution in [-0.2, 0) is 0 Å². The predicted octanol–water partition coefficient (Wildman–Crippen LogP) is 2.08. The summed E-state index contributed by atoms with van der Waals surface area (Å²) < 4.78 is 25.3. The second kappa shape index (κ2) is 4.69. The molecule has 0 aromatic heterocycles. The first kappa shape index (κ1) is 10.6. The predicted molar refractivity (Wildman–Crippen MR) is 52.2 cm³/mol. The quantitative estimate of drug-likeness (QED) is 0.586. The van der Waals surface area contributed by atoms with Gasteiger partial charge < -0.3 is 5.73 Å². The molecule has 0 spiro atoms. The normalized spacial score (nSPS) is 11.8. The van der Waals surface area contributed by atoms with Gasteiger partial charge in [0.25, 0.3) is 0 Å². The molecule has 14 heavy (non-hydrogen) atoms. The van der Waals surface area contributed by atoms with E-state index in [0.717, 1.165) is 18.6 Å². The molecule has 0 amide bonds. The molecular weight excluding hydrogens is 186 g/mol. The molecule has 0 heterocycles. The van der Waals surface area contributed by atoms with Gasteiger partial charge >= 0.3 is 0 Å². The van der Waals surface area contributed by atoms with Crippen LogP contribution in [-0.4, -0.2) is 12.4 Å². The first-order valence-corrected chi connectivity index (χ1v) is 4.40. The third-order valence-corrected chi connectivity index (χ3v) is 1.72. The van der Waals surface area contributed by atoms with Crippen molar-refractivity contribution in [3.8, 4) is 0 Å². The second-order valence-corrected chi connectivity index (χ2v) is 2.90. The molecule has 0 atom stereocenters. The minimum Gasteiger partial charge on any atom is -0.384 e. The zero-order valence-corrected chi connectivity index (χ0v) is 7.93. The zero-order chi connectivity index (χ0) is 10.6. The molecule has 0 saturated heterocycles. The average molecular weight is 198 g/mol. The van der Waals surface area contributed by atoms with Crippen molar-refractivity contribution in [1.29, 1.82) is 0 Å². The maximum atomic E-state index is 12.8. The van der Waals surface area contributed by atoms with Crippen LogP contribution < -0.4 is 5.73 Å². The molecule has 76 valence electrons.